The maximum Gasteiger partial charge on any atom is -0.00230 e. The van der Waals surface area contributed by atoms with E-state index in [2.05, 4.69) is 20.8 Å². The minimum Gasteiger partial charge on any atom is -0.330 e. The van der Waals surface area contributed by atoms with Crippen LogP contribution in [0.15, 0.2) is 0 Å². The fraction of sp³-hybridized carbons (Fsp3) is 1.00. The summed E-state index contributed by atoms with van der Waals surface area (Å²) in [6.07, 6.45) is 4.05. The van der Waals surface area contributed by atoms with Crippen molar-refractivity contribution in [2.75, 3.05) is 6.54 Å². The van der Waals surface area contributed by atoms with Crippen molar-refractivity contribution in [2.45, 2.75) is 40.0 Å². The zero-order valence-electron chi connectivity index (χ0n) is 8.06. The van der Waals surface area contributed by atoms with Gasteiger partial charge in [0, 0.05) is 0 Å². The Hall–Kier alpha value is -0.0400. The zero-order valence-corrected chi connectivity index (χ0v) is 8.06. The third-order valence-electron chi connectivity index (χ3n) is 2.98. The third kappa shape index (κ3) is 2.19. The van der Waals surface area contributed by atoms with E-state index in [-0.39, 0.29) is 0 Å². The highest BCUT2D eigenvalue weighted by Crippen LogP contribution is 2.40. The summed E-state index contributed by atoms with van der Waals surface area (Å²) in [4.78, 5) is 0. The summed E-state index contributed by atoms with van der Waals surface area (Å²) in [6, 6.07) is 0. The van der Waals surface area contributed by atoms with Crippen LogP contribution >= 0.6 is 0 Å². The number of rotatable bonds is 1. The molecule has 11 heavy (non-hydrogen) atoms. The van der Waals surface area contributed by atoms with E-state index in [0.29, 0.717) is 5.41 Å². The maximum atomic E-state index is 5.76. The Balaban J connectivity index is 2.55. The summed E-state index contributed by atoms with van der Waals surface area (Å²) in [7, 11) is 0. The van der Waals surface area contributed by atoms with Gasteiger partial charge < -0.3 is 5.73 Å². The Morgan fingerprint density at radius 2 is 1.73 bits per heavy atom. The first-order valence-electron chi connectivity index (χ1n) is 4.76. The average molecular weight is 155 g/mol. The van der Waals surface area contributed by atoms with E-state index >= 15 is 0 Å². The van der Waals surface area contributed by atoms with Gasteiger partial charge in [-0.3, -0.25) is 0 Å². The summed E-state index contributed by atoms with van der Waals surface area (Å²) < 4.78 is 0. The fourth-order valence-corrected chi connectivity index (χ4v) is 2.79. The molecule has 1 aliphatic carbocycles. The summed E-state index contributed by atoms with van der Waals surface area (Å²) in [5.41, 5.74) is 6.20. The largest absolute Gasteiger partial charge is 0.330 e. The molecule has 0 aromatic rings. The molecular weight excluding hydrogens is 134 g/mol. The van der Waals surface area contributed by atoms with Gasteiger partial charge >= 0.3 is 0 Å². The van der Waals surface area contributed by atoms with Crippen LogP contribution in [0.25, 0.3) is 0 Å². The smallest absolute Gasteiger partial charge is 0.00230 e. The van der Waals surface area contributed by atoms with Gasteiger partial charge in [-0.15, -0.1) is 0 Å². The van der Waals surface area contributed by atoms with Crippen LogP contribution in [0.1, 0.15) is 40.0 Å². The van der Waals surface area contributed by atoms with Gasteiger partial charge in [-0.25, -0.2) is 0 Å². The Kier molecular flexibility index (Phi) is 2.58. The average Bonchev–Trinajstić information content (AvgIpc) is 1.84. The highest BCUT2D eigenvalue weighted by Gasteiger charge is 2.32. The Morgan fingerprint density at radius 3 is 2.09 bits per heavy atom. The predicted octanol–water partition coefficient (Wildman–Crippen LogP) is 2.41. The van der Waals surface area contributed by atoms with Crippen LogP contribution in [-0.2, 0) is 0 Å². The minimum atomic E-state index is 0.442. The second kappa shape index (κ2) is 3.14. The van der Waals surface area contributed by atoms with Gasteiger partial charge in [0.05, 0.1) is 0 Å². The molecule has 1 nitrogen and oxygen atoms in total. The van der Waals surface area contributed by atoms with Crippen molar-refractivity contribution in [1.29, 1.82) is 0 Å². The fourth-order valence-electron chi connectivity index (χ4n) is 2.79. The molecule has 2 N–H and O–H groups in total. The molecule has 1 heteroatoms. The van der Waals surface area contributed by atoms with Crippen LogP contribution in [0, 0.1) is 17.3 Å². The van der Waals surface area contributed by atoms with Crippen molar-refractivity contribution in [3.63, 3.8) is 0 Å². The molecule has 66 valence electrons. The zero-order chi connectivity index (χ0) is 8.48. The quantitative estimate of drug-likeness (QED) is 0.618. The third-order valence-corrected chi connectivity index (χ3v) is 2.98. The van der Waals surface area contributed by atoms with Gasteiger partial charge in [0.2, 0.25) is 0 Å². The van der Waals surface area contributed by atoms with E-state index in [9.17, 15) is 0 Å². The first-order chi connectivity index (χ1) is 5.06. The van der Waals surface area contributed by atoms with Crippen LogP contribution in [0.3, 0.4) is 0 Å². The van der Waals surface area contributed by atoms with Gasteiger partial charge in [0.1, 0.15) is 0 Å². The molecule has 0 spiro atoms. The van der Waals surface area contributed by atoms with Crippen molar-refractivity contribution in [1.82, 2.24) is 0 Å². The van der Waals surface area contributed by atoms with E-state index in [0.717, 1.165) is 18.4 Å². The highest BCUT2D eigenvalue weighted by atomic mass is 14.6. The first-order valence-corrected chi connectivity index (χ1v) is 4.76. The van der Waals surface area contributed by atoms with Gasteiger partial charge in [-0.1, -0.05) is 20.8 Å². The molecular formula is C10H21N. The Bertz CT molecular complexity index is 121. The predicted molar refractivity (Wildman–Crippen MR) is 49.3 cm³/mol. The van der Waals surface area contributed by atoms with E-state index in [1.807, 2.05) is 0 Å². The summed E-state index contributed by atoms with van der Waals surface area (Å²) in [5, 5.41) is 0. The van der Waals surface area contributed by atoms with Crippen molar-refractivity contribution < 1.29 is 0 Å². The van der Waals surface area contributed by atoms with Crippen LogP contribution in [0.5, 0.6) is 0 Å². The van der Waals surface area contributed by atoms with E-state index in [1.54, 1.807) is 0 Å². The molecule has 1 rings (SSSR count). The summed E-state index contributed by atoms with van der Waals surface area (Å²) in [6.45, 7) is 7.90. The maximum absolute atomic E-state index is 5.76. The molecule has 0 amide bonds. The van der Waals surface area contributed by atoms with Gasteiger partial charge in [0.25, 0.3) is 0 Å². The molecule has 1 aliphatic rings. The van der Waals surface area contributed by atoms with Gasteiger partial charge in [-0.2, -0.15) is 0 Å². The minimum absolute atomic E-state index is 0.442. The summed E-state index contributed by atoms with van der Waals surface area (Å²) >= 11 is 0. The monoisotopic (exact) mass is 155 g/mol. The molecule has 1 fully saturated rings. The lowest BCUT2D eigenvalue weighted by atomic mass is 9.67. The Labute approximate surface area is 70.4 Å². The Morgan fingerprint density at radius 1 is 1.27 bits per heavy atom. The molecule has 0 heterocycles. The molecule has 0 aromatic carbocycles. The molecule has 0 saturated heterocycles. The van der Waals surface area contributed by atoms with E-state index in [1.165, 1.54) is 19.3 Å². The SMILES string of the molecule is C[C@@H]1C[C@@H](C)CC(C)(CN)C1. The van der Waals surface area contributed by atoms with Crippen molar-refractivity contribution in [3.8, 4) is 0 Å². The van der Waals surface area contributed by atoms with Gasteiger partial charge in [0.15, 0.2) is 0 Å². The van der Waals surface area contributed by atoms with Crippen LogP contribution in [0.2, 0.25) is 0 Å². The number of hydrogen-bond acceptors (Lipinski definition) is 1. The molecule has 0 unspecified atom stereocenters. The molecule has 0 aliphatic heterocycles. The lowest BCUT2D eigenvalue weighted by Crippen LogP contribution is -2.35. The van der Waals surface area contributed by atoms with Crippen LogP contribution in [0.4, 0.5) is 0 Å². The highest BCUT2D eigenvalue weighted by molar-refractivity contribution is 4.84. The topological polar surface area (TPSA) is 26.0 Å². The molecule has 1 saturated carbocycles. The van der Waals surface area contributed by atoms with E-state index < -0.39 is 0 Å². The lowest BCUT2D eigenvalue weighted by Gasteiger charge is -2.39. The first kappa shape index (κ1) is 9.05. The molecule has 0 radical (unpaired) electrons. The molecule has 0 bridgehead atoms. The standard InChI is InChI=1S/C10H21N/c1-8-4-9(2)6-10(3,5-8)7-11/h8-9H,4-7,11H2,1-3H3/t8-,9-/m1/s1. The van der Waals surface area contributed by atoms with Gasteiger partial charge in [-0.05, 0) is 43.1 Å². The molecule has 0 aromatic heterocycles. The van der Waals surface area contributed by atoms with Crippen molar-refractivity contribution in [2.24, 2.45) is 23.0 Å². The normalized spacial score (nSPS) is 45.8. The molecule has 2 atom stereocenters. The van der Waals surface area contributed by atoms with Crippen LogP contribution < -0.4 is 5.73 Å². The van der Waals surface area contributed by atoms with E-state index in [4.69, 9.17) is 5.73 Å². The number of hydrogen-bond donors (Lipinski definition) is 1. The van der Waals surface area contributed by atoms with Crippen LogP contribution in [-0.4, -0.2) is 6.54 Å². The lowest BCUT2D eigenvalue weighted by molar-refractivity contribution is 0.131. The number of nitrogens with two attached hydrogens (primary N) is 1. The van der Waals surface area contributed by atoms with Crippen molar-refractivity contribution in [3.05, 3.63) is 0 Å². The second-order valence-electron chi connectivity index (χ2n) is 4.87. The van der Waals surface area contributed by atoms with Crippen molar-refractivity contribution >= 4 is 0 Å². The summed E-state index contributed by atoms with van der Waals surface area (Å²) in [5.74, 6) is 1.76. The second-order valence-corrected chi connectivity index (χ2v) is 4.87.